The molecule has 0 aliphatic carbocycles. The fourth-order valence-electron chi connectivity index (χ4n) is 2.97. The van der Waals surface area contributed by atoms with E-state index >= 15 is 0 Å². The average molecular weight is 269 g/mol. The van der Waals surface area contributed by atoms with Crippen LogP contribution in [0.15, 0.2) is 0 Å². The van der Waals surface area contributed by atoms with Gasteiger partial charge in [-0.3, -0.25) is 4.79 Å². The fourth-order valence-corrected chi connectivity index (χ4v) is 2.97. The van der Waals surface area contributed by atoms with E-state index in [-0.39, 0.29) is 18.4 Å². The number of nitrogens with zero attached hydrogens (tertiary/aromatic N) is 2. The van der Waals surface area contributed by atoms with Gasteiger partial charge in [0.15, 0.2) is 0 Å². The predicted molar refractivity (Wildman–Crippen MR) is 70.3 cm³/mol. The van der Waals surface area contributed by atoms with Gasteiger partial charge < -0.3 is 20.6 Å². The van der Waals surface area contributed by atoms with Gasteiger partial charge in [0.05, 0.1) is 5.92 Å². The number of carbonyl (C=O) groups excluding carboxylic acids is 2. The minimum Gasteiger partial charge on any atom is -0.396 e. The molecule has 2 heterocycles. The third-order valence-corrected chi connectivity index (χ3v) is 4.27. The Labute approximate surface area is 113 Å². The Bertz CT molecular complexity index is 340. The quantitative estimate of drug-likeness (QED) is 0.740. The van der Waals surface area contributed by atoms with Gasteiger partial charge in [0.2, 0.25) is 5.91 Å². The number of carbonyl (C=O) groups is 2. The summed E-state index contributed by atoms with van der Waals surface area (Å²) in [5.41, 5.74) is 5.28. The van der Waals surface area contributed by atoms with Crippen LogP contribution in [0.3, 0.4) is 0 Å². The lowest BCUT2D eigenvalue weighted by molar-refractivity contribution is -0.138. The maximum atomic E-state index is 12.4. The number of primary amides is 1. The zero-order valence-electron chi connectivity index (χ0n) is 11.3. The Morgan fingerprint density at radius 2 is 1.79 bits per heavy atom. The van der Waals surface area contributed by atoms with Crippen molar-refractivity contribution in [3.63, 3.8) is 0 Å². The summed E-state index contributed by atoms with van der Waals surface area (Å²) in [4.78, 5) is 27.0. The van der Waals surface area contributed by atoms with Gasteiger partial charge in [-0.05, 0) is 31.6 Å². The van der Waals surface area contributed by atoms with Crippen LogP contribution < -0.4 is 5.73 Å². The number of aliphatic hydroxyl groups is 1. The van der Waals surface area contributed by atoms with E-state index in [9.17, 15) is 9.59 Å². The average Bonchev–Trinajstić information content (AvgIpc) is 2.46. The van der Waals surface area contributed by atoms with Gasteiger partial charge in [0.1, 0.15) is 0 Å². The van der Waals surface area contributed by atoms with E-state index < -0.39 is 6.03 Å². The molecule has 1 atom stereocenters. The number of nitrogens with two attached hydrogens (primary N) is 1. The van der Waals surface area contributed by atoms with E-state index in [0.717, 1.165) is 38.8 Å². The number of likely N-dealkylation sites (tertiary alicyclic amines) is 2. The normalized spacial score (nSPS) is 25.4. The van der Waals surface area contributed by atoms with E-state index in [1.165, 1.54) is 0 Å². The summed E-state index contributed by atoms with van der Waals surface area (Å²) in [6.45, 7) is 2.76. The first-order valence-electron chi connectivity index (χ1n) is 7.06. The molecule has 0 aromatic carbocycles. The number of amides is 3. The lowest BCUT2D eigenvalue weighted by atomic mass is 9.93. The van der Waals surface area contributed by atoms with Crippen LogP contribution in [0, 0.1) is 11.8 Å². The van der Waals surface area contributed by atoms with Crippen LogP contribution in [0.5, 0.6) is 0 Å². The van der Waals surface area contributed by atoms with Crippen molar-refractivity contribution in [1.82, 2.24) is 9.80 Å². The first kappa shape index (κ1) is 14.1. The molecule has 0 bridgehead atoms. The molecule has 6 nitrogen and oxygen atoms in total. The largest absolute Gasteiger partial charge is 0.396 e. The number of urea groups is 1. The standard InChI is InChI=1S/C13H23N3O3/c14-13(19)16-5-1-2-11(8-16)12(18)15-6-3-10(9-17)4-7-15/h10-11,17H,1-9H2,(H2,14,19). The van der Waals surface area contributed by atoms with Crippen molar-refractivity contribution in [1.29, 1.82) is 0 Å². The second kappa shape index (κ2) is 6.23. The van der Waals surface area contributed by atoms with Crippen LogP contribution >= 0.6 is 0 Å². The molecule has 0 spiro atoms. The van der Waals surface area contributed by atoms with Gasteiger partial charge in [0, 0.05) is 32.8 Å². The van der Waals surface area contributed by atoms with Crippen LogP contribution in [0.4, 0.5) is 4.79 Å². The highest BCUT2D eigenvalue weighted by molar-refractivity contribution is 5.80. The number of hydrogen-bond donors (Lipinski definition) is 2. The van der Waals surface area contributed by atoms with Gasteiger partial charge in [-0.25, -0.2) is 4.79 Å². The smallest absolute Gasteiger partial charge is 0.314 e. The Balaban J connectivity index is 1.87. The summed E-state index contributed by atoms with van der Waals surface area (Å²) < 4.78 is 0. The number of hydrogen-bond acceptors (Lipinski definition) is 3. The molecule has 2 fully saturated rings. The fraction of sp³-hybridized carbons (Fsp3) is 0.846. The van der Waals surface area contributed by atoms with Crippen LogP contribution in [-0.4, -0.2) is 59.6 Å². The second-order valence-corrected chi connectivity index (χ2v) is 5.57. The zero-order chi connectivity index (χ0) is 13.8. The van der Waals surface area contributed by atoms with E-state index in [1.807, 2.05) is 4.90 Å². The Hall–Kier alpha value is -1.30. The Kier molecular flexibility index (Phi) is 4.63. The monoisotopic (exact) mass is 269 g/mol. The van der Waals surface area contributed by atoms with Gasteiger partial charge in [0.25, 0.3) is 0 Å². The van der Waals surface area contributed by atoms with E-state index in [2.05, 4.69) is 0 Å². The van der Waals surface area contributed by atoms with E-state index in [4.69, 9.17) is 10.8 Å². The van der Waals surface area contributed by atoms with Crippen LogP contribution in [0.1, 0.15) is 25.7 Å². The summed E-state index contributed by atoms with van der Waals surface area (Å²) >= 11 is 0. The van der Waals surface area contributed by atoms with Crippen molar-refractivity contribution in [2.24, 2.45) is 17.6 Å². The van der Waals surface area contributed by atoms with Crippen molar-refractivity contribution >= 4 is 11.9 Å². The topological polar surface area (TPSA) is 86.9 Å². The lowest BCUT2D eigenvalue weighted by Crippen LogP contribution is -2.49. The van der Waals surface area contributed by atoms with Gasteiger partial charge in [-0.1, -0.05) is 0 Å². The third-order valence-electron chi connectivity index (χ3n) is 4.27. The molecule has 0 saturated carbocycles. The van der Waals surface area contributed by atoms with Crippen LogP contribution in [-0.2, 0) is 4.79 Å². The molecule has 0 radical (unpaired) electrons. The molecule has 3 N–H and O–H groups in total. The summed E-state index contributed by atoms with van der Waals surface area (Å²) in [7, 11) is 0. The first-order chi connectivity index (χ1) is 9.11. The minimum absolute atomic E-state index is 0.105. The maximum Gasteiger partial charge on any atom is 0.314 e. The lowest BCUT2D eigenvalue weighted by Gasteiger charge is -2.37. The van der Waals surface area contributed by atoms with Crippen molar-refractivity contribution in [2.45, 2.75) is 25.7 Å². The highest BCUT2D eigenvalue weighted by Gasteiger charge is 2.32. The number of piperidine rings is 2. The maximum absolute atomic E-state index is 12.4. The van der Waals surface area contributed by atoms with Crippen molar-refractivity contribution in [3.8, 4) is 0 Å². The summed E-state index contributed by atoms with van der Waals surface area (Å²) in [6, 6.07) is -0.434. The van der Waals surface area contributed by atoms with E-state index in [0.29, 0.717) is 19.0 Å². The number of aliphatic hydroxyl groups excluding tert-OH is 1. The molecular weight excluding hydrogens is 246 g/mol. The molecule has 108 valence electrons. The SMILES string of the molecule is NC(=O)N1CCCC(C(=O)N2CCC(CO)CC2)C1. The molecule has 1 unspecified atom stereocenters. The molecule has 19 heavy (non-hydrogen) atoms. The van der Waals surface area contributed by atoms with Gasteiger partial charge >= 0.3 is 6.03 Å². The van der Waals surface area contributed by atoms with Crippen molar-refractivity contribution < 1.29 is 14.7 Å². The molecule has 2 aliphatic heterocycles. The Morgan fingerprint density at radius 1 is 1.11 bits per heavy atom. The third kappa shape index (κ3) is 3.37. The van der Waals surface area contributed by atoms with Crippen LogP contribution in [0.25, 0.3) is 0 Å². The summed E-state index contributed by atoms with van der Waals surface area (Å²) in [6.07, 6.45) is 3.41. The van der Waals surface area contributed by atoms with Gasteiger partial charge in [-0.15, -0.1) is 0 Å². The molecule has 6 heteroatoms. The molecule has 2 rings (SSSR count). The highest BCUT2D eigenvalue weighted by atomic mass is 16.3. The minimum atomic E-state index is -0.434. The molecule has 2 aliphatic rings. The van der Waals surface area contributed by atoms with E-state index in [1.54, 1.807) is 4.90 Å². The Morgan fingerprint density at radius 3 is 2.37 bits per heavy atom. The molecule has 2 saturated heterocycles. The second-order valence-electron chi connectivity index (χ2n) is 5.57. The molecule has 3 amide bonds. The van der Waals surface area contributed by atoms with Crippen molar-refractivity contribution in [2.75, 3.05) is 32.8 Å². The molecule has 0 aromatic rings. The zero-order valence-corrected chi connectivity index (χ0v) is 11.3. The predicted octanol–water partition coefficient (Wildman–Crippen LogP) is 0.00800. The van der Waals surface area contributed by atoms with Crippen molar-refractivity contribution in [3.05, 3.63) is 0 Å². The summed E-state index contributed by atoms with van der Waals surface area (Å²) in [5, 5.41) is 9.10. The van der Waals surface area contributed by atoms with Crippen LogP contribution in [0.2, 0.25) is 0 Å². The van der Waals surface area contributed by atoms with Gasteiger partial charge in [-0.2, -0.15) is 0 Å². The molecular formula is C13H23N3O3. The highest BCUT2D eigenvalue weighted by Crippen LogP contribution is 2.22. The number of rotatable bonds is 2. The summed E-state index contributed by atoms with van der Waals surface area (Å²) in [5.74, 6) is 0.367. The first-order valence-corrected chi connectivity index (χ1v) is 7.06. The molecule has 0 aromatic heterocycles.